The molecule has 1 saturated carbocycles. The highest BCUT2D eigenvalue weighted by Crippen LogP contribution is 2.25. The van der Waals surface area contributed by atoms with Gasteiger partial charge in [-0.15, -0.1) is 0 Å². The first-order valence-corrected chi connectivity index (χ1v) is 9.04. The molecule has 0 aromatic heterocycles. The fourth-order valence-corrected chi connectivity index (χ4v) is 3.08. The lowest BCUT2D eigenvalue weighted by molar-refractivity contribution is -0.122. The predicted molar refractivity (Wildman–Crippen MR) is 95.9 cm³/mol. The maximum Gasteiger partial charge on any atom is 0.315 e. The molecule has 1 aromatic rings. The van der Waals surface area contributed by atoms with Crippen molar-refractivity contribution in [3.05, 3.63) is 34.9 Å². The van der Waals surface area contributed by atoms with Gasteiger partial charge >= 0.3 is 6.03 Å². The Hall–Kier alpha value is -1.75. The summed E-state index contributed by atoms with van der Waals surface area (Å²) in [4.78, 5) is 23.5. The topological polar surface area (TPSA) is 70.2 Å². The fraction of sp³-hybridized carbons (Fsp3) is 0.556. The lowest BCUT2D eigenvalue weighted by Gasteiger charge is -2.20. The predicted octanol–water partition coefficient (Wildman–Crippen LogP) is 3.23. The number of carbonyl (C=O) groups excluding carboxylic acids is 2. The molecule has 2 rings (SSSR count). The lowest BCUT2D eigenvalue weighted by atomic mass is 9.87. The van der Waals surface area contributed by atoms with Crippen molar-refractivity contribution < 1.29 is 9.59 Å². The van der Waals surface area contributed by atoms with E-state index in [1.165, 1.54) is 32.1 Å². The van der Waals surface area contributed by atoms with Crippen LogP contribution in [0.2, 0.25) is 5.02 Å². The van der Waals surface area contributed by atoms with Crippen LogP contribution in [0.4, 0.5) is 4.79 Å². The summed E-state index contributed by atoms with van der Waals surface area (Å²) in [5, 5.41) is 9.04. The number of rotatable bonds is 7. The molecular formula is C18H26ClN3O2. The second-order valence-corrected chi connectivity index (χ2v) is 6.73. The molecule has 0 bridgehead atoms. The second kappa shape index (κ2) is 10.2. The Labute approximate surface area is 148 Å². The zero-order valence-corrected chi connectivity index (χ0v) is 14.7. The molecule has 1 aliphatic carbocycles. The highest BCUT2D eigenvalue weighted by Gasteiger charge is 2.16. The van der Waals surface area contributed by atoms with E-state index in [-0.39, 0.29) is 11.9 Å². The van der Waals surface area contributed by atoms with Gasteiger partial charge in [-0.3, -0.25) is 4.79 Å². The third-order valence-electron chi connectivity index (χ3n) is 4.30. The lowest BCUT2D eigenvalue weighted by Crippen LogP contribution is -2.40. The van der Waals surface area contributed by atoms with Crippen molar-refractivity contribution in [3.8, 4) is 0 Å². The van der Waals surface area contributed by atoms with Crippen LogP contribution in [-0.4, -0.2) is 25.0 Å². The van der Waals surface area contributed by atoms with Crippen LogP contribution in [0.5, 0.6) is 0 Å². The minimum atomic E-state index is -0.244. The summed E-state index contributed by atoms with van der Waals surface area (Å²) in [6, 6.07) is 7.07. The van der Waals surface area contributed by atoms with E-state index in [4.69, 9.17) is 11.6 Å². The Morgan fingerprint density at radius 3 is 2.33 bits per heavy atom. The first-order valence-electron chi connectivity index (χ1n) is 8.66. The van der Waals surface area contributed by atoms with Crippen molar-refractivity contribution in [1.82, 2.24) is 16.0 Å². The molecule has 6 heteroatoms. The number of amides is 3. The molecule has 0 saturated heterocycles. The van der Waals surface area contributed by atoms with E-state index >= 15 is 0 Å². The van der Waals surface area contributed by atoms with E-state index in [0.717, 1.165) is 5.56 Å². The highest BCUT2D eigenvalue weighted by molar-refractivity contribution is 6.30. The second-order valence-electron chi connectivity index (χ2n) is 6.29. The highest BCUT2D eigenvalue weighted by atomic mass is 35.5. The molecule has 132 valence electrons. The van der Waals surface area contributed by atoms with Crippen LogP contribution < -0.4 is 16.0 Å². The number of urea groups is 1. The van der Waals surface area contributed by atoms with Crippen LogP contribution in [0.25, 0.3) is 0 Å². The third-order valence-corrected chi connectivity index (χ3v) is 4.55. The molecule has 0 spiro atoms. The molecule has 0 unspecified atom stereocenters. The number of halogens is 1. The van der Waals surface area contributed by atoms with E-state index in [1.54, 1.807) is 12.1 Å². The van der Waals surface area contributed by atoms with E-state index in [0.29, 0.717) is 37.0 Å². The third kappa shape index (κ3) is 7.21. The molecule has 0 heterocycles. The van der Waals surface area contributed by atoms with Crippen LogP contribution >= 0.6 is 11.6 Å². The maximum atomic E-state index is 11.8. The molecule has 3 N–H and O–H groups in total. The number of hydrogen-bond acceptors (Lipinski definition) is 2. The number of benzene rings is 1. The summed E-state index contributed by atoms with van der Waals surface area (Å²) < 4.78 is 0. The molecule has 0 aliphatic heterocycles. The molecule has 1 aromatic carbocycles. The minimum Gasteiger partial charge on any atom is -0.354 e. The van der Waals surface area contributed by atoms with Gasteiger partial charge in [0.25, 0.3) is 0 Å². The molecular weight excluding hydrogens is 326 g/mol. The van der Waals surface area contributed by atoms with Crippen molar-refractivity contribution in [2.45, 2.75) is 45.1 Å². The van der Waals surface area contributed by atoms with Gasteiger partial charge in [0.1, 0.15) is 0 Å². The molecule has 1 aliphatic rings. The van der Waals surface area contributed by atoms with Crippen LogP contribution in [0.3, 0.4) is 0 Å². The van der Waals surface area contributed by atoms with Crippen molar-refractivity contribution in [2.24, 2.45) is 5.92 Å². The van der Waals surface area contributed by atoms with Gasteiger partial charge in [-0.1, -0.05) is 43.0 Å². The maximum absolute atomic E-state index is 11.8. The quantitative estimate of drug-likeness (QED) is 0.660. The Morgan fingerprint density at radius 1 is 0.958 bits per heavy atom. The molecule has 1 fully saturated rings. The number of hydrogen-bond donors (Lipinski definition) is 3. The van der Waals surface area contributed by atoms with Crippen molar-refractivity contribution in [2.75, 3.05) is 13.1 Å². The largest absolute Gasteiger partial charge is 0.354 e. The average molecular weight is 352 g/mol. The normalized spacial score (nSPS) is 14.9. The van der Waals surface area contributed by atoms with Crippen LogP contribution in [0.1, 0.15) is 44.1 Å². The average Bonchev–Trinajstić information content (AvgIpc) is 2.59. The summed E-state index contributed by atoms with van der Waals surface area (Å²) in [5.74, 6) is 0.625. The van der Waals surface area contributed by atoms with Crippen molar-refractivity contribution in [1.29, 1.82) is 0 Å². The monoisotopic (exact) mass is 351 g/mol. The van der Waals surface area contributed by atoms with Gasteiger partial charge in [-0.05, 0) is 36.5 Å². The van der Waals surface area contributed by atoms with Crippen molar-refractivity contribution >= 4 is 23.5 Å². The van der Waals surface area contributed by atoms with E-state index in [1.807, 2.05) is 12.1 Å². The standard InChI is InChI=1S/C18H26ClN3O2/c19-16-8-6-15(7-9-16)13-22-18(24)21-11-10-20-17(23)12-14-4-2-1-3-5-14/h6-9,14H,1-5,10-13H2,(H,20,23)(H2,21,22,24). The molecule has 0 atom stereocenters. The number of carbonyl (C=O) groups is 2. The van der Waals surface area contributed by atoms with Gasteiger partial charge < -0.3 is 16.0 Å². The molecule has 0 radical (unpaired) electrons. The van der Waals surface area contributed by atoms with Crippen LogP contribution in [0, 0.1) is 5.92 Å². The zero-order chi connectivity index (χ0) is 17.2. The van der Waals surface area contributed by atoms with Gasteiger partial charge in [0, 0.05) is 31.1 Å². The summed E-state index contributed by atoms with van der Waals surface area (Å²) in [7, 11) is 0. The van der Waals surface area contributed by atoms with Gasteiger partial charge in [0.2, 0.25) is 5.91 Å². The molecule has 24 heavy (non-hydrogen) atoms. The van der Waals surface area contributed by atoms with E-state index < -0.39 is 0 Å². The first kappa shape index (κ1) is 18.6. The van der Waals surface area contributed by atoms with E-state index in [2.05, 4.69) is 16.0 Å². The molecule has 5 nitrogen and oxygen atoms in total. The fourth-order valence-electron chi connectivity index (χ4n) is 2.95. The number of nitrogens with one attached hydrogen (secondary N) is 3. The zero-order valence-electron chi connectivity index (χ0n) is 13.9. The summed E-state index contributed by atoms with van der Waals surface area (Å²) in [6.45, 7) is 1.32. The first-order chi connectivity index (χ1) is 11.6. The van der Waals surface area contributed by atoms with Crippen LogP contribution in [0.15, 0.2) is 24.3 Å². The van der Waals surface area contributed by atoms with Gasteiger partial charge in [-0.2, -0.15) is 0 Å². The Balaban J connectivity index is 1.52. The van der Waals surface area contributed by atoms with E-state index in [9.17, 15) is 9.59 Å². The molecule has 3 amide bonds. The Kier molecular flexibility index (Phi) is 7.89. The van der Waals surface area contributed by atoms with Gasteiger partial charge in [0.15, 0.2) is 0 Å². The Morgan fingerprint density at radius 2 is 1.62 bits per heavy atom. The summed E-state index contributed by atoms with van der Waals surface area (Å²) in [6.07, 6.45) is 6.73. The smallest absolute Gasteiger partial charge is 0.315 e. The van der Waals surface area contributed by atoms with Gasteiger partial charge in [0.05, 0.1) is 0 Å². The minimum absolute atomic E-state index is 0.0882. The van der Waals surface area contributed by atoms with Crippen LogP contribution in [-0.2, 0) is 11.3 Å². The SMILES string of the molecule is O=C(CC1CCCCC1)NCCNC(=O)NCc1ccc(Cl)cc1. The summed E-state index contributed by atoms with van der Waals surface area (Å²) in [5.41, 5.74) is 0.982. The van der Waals surface area contributed by atoms with Gasteiger partial charge in [-0.25, -0.2) is 4.79 Å². The summed E-state index contributed by atoms with van der Waals surface area (Å²) >= 11 is 5.81. The Bertz CT molecular complexity index is 528. The van der Waals surface area contributed by atoms with Crippen molar-refractivity contribution in [3.63, 3.8) is 0 Å².